The molecular weight excluding hydrogens is 432 g/mol. The van der Waals surface area contributed by atoms with Crippen molar-refractivity contribution in [2.45, 2.75) is 23.6 Å². The first kappa shape index (κ1) is 19.8. The molecule has 0 radical (unpaired) electrons. The van der Waals surface area contributed by atoms with E-state index in [1.54, 1.807) is 35.1 Å². The van der Waals surface area contributed by atoms with Crippen LogP contribution in [0.3, 0.4) is 0 Å². The summed E-state index contributed by atoms with van der Waals surface area (Å²) in [7, 11) is -1.17. The Balaban J connectivity index is 0.000000163. The van der Waals surface area contributed by atoms with Crippen LogP contribution in [0.1, 0.15) is 21.7 Å². The van der Waals surface area contributed by atoms with Gasteiger partial charge in [0.25, 0.3) is 0 Å². The monoisotopic (exact) mass is 448 g/mol. The molecule has 0 spiro atoms. The normalized spacial score (nSPS) is 22.7. The summed E-state index contributed by atoms with van der Waals surface area (Å²) in [6, 6.07) is 8.60. The van der Waals surface area contributed by atoms with E-state index in [9.17, 15) is 0 Å². The summed E-state index contributed by atoms with van der Waals surface area (Å²) in [5, 5.41) is 3.23. The average Bonchev–Trinajstić information content (AvgIpc) is 3.11. The van der Waals surface area contributed by atoms with Crippen molar-refractivity contribution < 1.29 is 49.5 Å². The molecule has 121 valence electrons. The molecule has 2 aliphatic heterocycles. The number of nitrogens with zero attached hydrogens (tertiary/aromatic N) is 1. The van der Waals surface area contributed by atoms with Crippen LogP contribution < -0.4 is 24.8 Å². The number of aliphatic imine (C=N–C) groups is 1. The number of hydrogen-bond acceptors (Lipinski definition) is 1. The molecule has 2 aliphatic carbocycles. The molecule has 0 amide bonds. The van der Waals surface area contributed by atoms with Crippen molar-refractivity contribution in [1.82, 2.24) is 0 Å². The minimum atomic E-state index is -1.17. The third kappa shape index (κ3) is 2.84. The second-order valence-electron chi connectivity index (χ2n) is 6.67. The van der Waals surface area contributed by atoms with Crippen molar-refractivity contribution in [3.63, 3.8) is 0 Å². The molecule has 2 heterocycles. The van der Waals surface area contributed by atoms with Crippen LogP contribution in [0.4, 0.5) is 0 Å². The molecular formula is C19H18Cl2NSiZr. The van der Waals surface area contributed by atoms with Gasteiger partial charge in [-0.2, -0.15) is 0 Å². The first-order valence-electron chi connectivity index (χ1n) is 7.72. The van der Waals surface area contributed by atoms with E-state index in [4.69, 9.17) is 0 Å². The summed E-state index contributed by atoms with van der Waals surface area (Å²) in [5.74, 6) is 0. The second-order valence-corrected chi connectivity index (χ2v) is 12.5. The van der Waals surface area contributed by atoms with E-state index in [-0.39, 0.29) is 24.8 Å². The fourth-order valence-corrected chi connectivity index (χ4v) is 8.04. The Bertz CT molecular complexity index is 847. The molecule has 0 fully saturated rings. The molecule has 24 heavy (non-hydrogen) atoms. The molecule has 5 heteroatoms. The van der Waals surface area contributed by atoms with Gasteiger partial charge in [-0.1, -0.05) is 19.2 Å². The summed E-state index contributed by atoms with van der Waals surface area (Å²) in [5.41, 5.74) is 6.91. The fourth-order valence-electron chi connectivity index (χ4n) is 3.85. The van der Waals surface area contributed by atoms with Crippen LogP contribution >= 0.6 is 0 Å². The van der Waals surface area contributed by atoms with Gasteiger partial charge in [-0.3, -0.25) is 4.99 Å². The van der Waals surface area contributed by atoms with E-state index in [0.717, 1.165) is 0 Å². The predicted octanol–water partition coefficient (Wildman–Crippen LogP) is -1.31. The topological polar surface area (TPSA) is 12.4 Å². The Morgan fingerprint density at radius 2 is 1.79 bits per heavy atom. The molecule has 0 saturated heterocycles. The van der Waals surface area contributed by atoms with Gasteiger partial charge in [-0.25, -0.2) is 0 Å². The van der Waals surface area contributed by atoms with Crippen LogP contribution in [0.25, 0.3) is 6.08 Å². The molecule has 0 N–H and O–H groups in total. The summed E-state index contributed by atoms with van der Waals surface area (Å²) < 4.78 is 0.711. The van der Waals surface area contributed by atoms with Gasteiger partial charge in [0.2, 0.25) is 0 Å². The van der Waals surface area contributed by atoms with Crippen LogP contribution in [0.2, 0.25) is 13.1 Å². The predicted molar refractivity (Wildman–Crippen MR) is 92.0 cm³/mol. The molecule has 1 nitrogen and oxygen atoms in total. The Hall–Kier alpha value is -0.470. The van der Waals surface area contributed by atoms with Crippen LogP contribution in [-0.4, -0.2) is 13.8 Å². The van der Waals surface area contributed by atoms with Gasteiger partial charge < -0.3 is 24.8 Å². The molecule has 1 aromatic carbocycles. The zero-order valence-electron chi connectivity index (χ0n) is 13.9. The molecule has 0 bridgehead atoms. The third-order valence-electron chi connectivity index (χ3n) is 4.93. The third-order valence-corrected chi connectivity index (χ3v) is 9.79. The number of fused-ring (bicyclic) bond motifs is 1. The van der Waals surface area contributed by atoms with Gasteiger partial charge in [0.15, 0.2) is 0 Å². The maximum atomic E-state index is 4.56. The molecule has 1 unspecified atom stereocenters. The Morgan fingerprint density at radius 3 is 2.50 bits per heavy atom. The van der Waals surface area contributed by atoms with Crippen molar-refractivity contribution in [2.24, 2.45) is 4.99 Å². The van der Waals surface area contributed by atoms with Gasteiger partial charge in [0.1, 0.15) is 8.07 Å². The Kier molecular flexibility index (Phi) is 5.82. The summed E-state index contributed by atoms with van der Waals surface area (Å²) >= 11 is 1.59. The first-order valence-corrected chi connectivity index (χ1v) is 12.1. The summed E-state index contributed by atoms with van der Waals surface area (Å²) in [4.78, 5) is 4.56. The fraction of sp³-hybridized carbons (Fsp3) is 0.211. The quantitative estimate of drug-likeness (QED) is 0.436. The first-order chi connectivity index (χ1) is 10.5. The van der Waals surface area contributed by atoms with Crippen molar-refractivity contribution in [2.75, 3.05) is 0 Å². The summed E-state index contributed by atoms with van der Waals surface area (Å²) in [6.45, 7) is 6.98. The Morgan fingerprint density at radius 1 is 1.08 bits per heavy atom. The van der Waals surface area contributed by atoms with Gasteiger partial charge in [-0.05, 0) is 23.4 Å². The molecule has 0 saturated carbocycles. The van der Waals surface area contributed by atoms with E-state index in [1.807, 2.05) is 0 Å². The standard InChI is InChI=1S/C10H11NSi.C9H7.2ClH.Zr/c1-6-10-9-7(11-6)4-5-8(9)12(10,2)3;1-2-5-9-7-3-6-8(9)4-1;;;/h4-5H,1-3H3;1-7H;2*1H;/q;;;;+2/p-2. The Labute approximate surface area is 172 Å². The molecule has 4 aliphatic rings. The number of halogens is 2. The molecule has 1 aromatic rings. The zero-order valence-corrected chi connectivity index (χ0v) is 18.9. The zero-order chi connectivity index (χ0) is 15.5. The van der Waals surface area contributed by atoms with Crippen molar-refractivity contribution >= 4 is 19.9 Å². The van der Waals surface area contributed by atoms with E-state index in [0.29, 0.717) is 3.63 Å². The number of hydrogen-bond donors (Lipinski definition) is 0. The van der Waals surface area contributed by atoms with Crippen LogP contribution in [0.5, 0.6) is 0 Å². The minimum absolute atomic E-state index is 0. The van der Waals surface area contributed by atoms with Crippen LogP contribution in [0, 0.1) is 0 Å². The van der Waals surface area contributed by atoms with Crippen molar-refractivity contribution in [3.8, 4) is 0 Å². The number of benzene rings is 1. The average molecular weight is 451 g/mol. The van der Waals surface area contributed by atoms with E-state index < -0.39 is 8.07 Å². The van der Waals surface area contributed by atoms with Crippen LogP contribution in [0.15, 0.2) is 69.1 Å². The van der Waals surface area contributed by atoms with E-state index in [2.05, 4.69) is 73.6 Å². The van der Waals surface area contributed by atoms with Gasteiger partial charge in [0, 0.05) is 11.3 Å². The molecule has 1 atom stereocenters. The van der Waals surface area contributed by atoms with Gasteiger partial charge >= 0.3 is 75.9 Å². The second kappa shape index (κ2) is 7.03. The van der Waals surface area contributed by atoms with E-state index >= 15 is 0 Å². The summed E-state index contributed by atoms with van der Waals surface area (Å²) in [6.07, 6.45) is 8.94. The van der Waals surface area contributed by atoms with Crippen LogP contribution in [-0.2, 0) is 24.7 Å². The van der Waals surface area contributed by atoms with Crippen molar-refractivity contribution in [1.29, 1.82) is 0 Å². The number of rotatable bonds is 0. The van der Waals surface area contributed by atoms with E-state index in [1.165, 1.54) is 28.1 Å². The molecule has 0 aromatic heterocycles. The number of allylic oxidation sites excluding steroid dienone is 5. The molecule has 5 rings (SSSR count). The van der Waals surface area contributed by atoms with Gasteiger partial charge in [0.05, 0.1) is 5.70 Å². The SMILES string of the molecule is CC1=NC2=CC=C3C2=C1[Si]3(C)C.[Cl-].[Cl-].[Zr+2][CH]1C=Cc2ccccc21. The van der Waals surface area contributed by atoms with Gasteiger partial charge in [-0.15, -0.1) is 0 Å². The maximum absolute atomic E-state index is 4.56. The van der Waals surface area contributed by atoms with Crippen molar-refractivity contribution in [3.05, 3.63) is 75.3 Å².